The van der Waals surface area contributed by atoms with Crippen LogP contribution in [0, 0.1) is 10.1 Å². The maximum atomic E-state index is 12.4. The van der Waals surface area contributed by atoms with Crippen LogP contribution in [-0.2, 0) is 32.2 Å². The Morgan fingerprint density at radius 3 is 2.19 bits per heavy atom. The summed E-state index contributed by atoms with van der Waals surface area (Å²) in [5, 5.41) is 32.5. The van der Waals surface area contributed by atoms with Crippen LogP contribution >= 0.6 is 0 Å². The number of rotatable bonds is 15. The number of aliphatic hydroxyl groups excluding tert-OH is 1. The number of benzene rings is 4. The van der Waals surface area contributed by atoms with E-state index in [2.05, 4.69) is 15.1 Å². The summed E-state index contributed by atoms with van der Waals surface area (Å²) in [6, 6.07) is 30.6. The third-order valence-corrected chi connectivity index (χ3v) is 9.91. The molecule has 0 bridgehead atoms. The van der Waals surface area contributed by atoms with Crippen LogP contribution in [0.3, 0.4) is 0 Å². The Kier molecular flexibility index (Phi) is 12.8. The van der Waals surface area contributed by atoms with E-state index >= 15 is 0 Å². The minimum atomic E-state index is -0.853. The Balaban J connectivity index is 1.11. The third kappa shape index (κ3) is 10.3. The number of carbonyl (C=O) groups excluding carboxylic acids is 1. The van der Waals surface area contributed by atoms with Gasteiger partial charge >= 0.3 is 5.97 Å². The average Bonchev–Trinajstić information content (AvgIpc) is 3.19. The van der Waals surface area contributed by atoms with Crippen molar-refractivity contribution in [2.75, 3.05) is 37.6 Å². The molecule has 2 aliphatic rings. The highest BCUT2D eigenvalue weighted by atomic mass is 16.7. The van der Waals surface area contributed by atoms with Gasteiger partial charge in [0, 0.05) is 81.9 Å². The molecule has 278 valence electrons. The molecule has 4 aromatic rings. The number of nitro groups is 1. The number of hydrogen-bond acceptors (Lipinski definition) is 9. The first kappa shape index (κ1) is 37.6. The number of nitrogens with zero attached hydrogens (tertiary/aromatic N) is 3. The fourth-order valence-electron chi connectivity index (χ4n) is 6.91. The van der Waals surface area contributed by atoms with Crippen molar-refractivity contribution in [3.05, 3.63) is 129 Å². The van der Waals surface area contributed by atoms with Gasteiger partial charge < -0.3 is 29.9 Å². The summed E-state index contributed by atoms with van der Waals surface area (Å²) in [6.07, 6.45) is 1.13. The number of piperazine rings is 1. The van der Waals surface area contributed by atoms with E-state index in [1.807, 2.05) is 84.9 Å². The molecule has 3 N–H and O–H groups in total. The Bertz CT molecular complexity index is 1830. The predicted molar refractivity (Wildman–Crippen MR) is 200 cm³/mol. The van der Waals surface area contributed by atoms with Crippen LogP contribution in [-0.4, -0.2) is 70.7 Å². The Morgan fingerprint density at radius 2 is 1.51 bits per heavy atom. The molecule has 1 amide bonds. The van der Waals surface area contributed by atoms with Gasteiger partial charge in [-0.1, -0.05) is 72.8 Å². The Hall–Kier alpha value is -5.14. The molecule has 53 heavy (non-hydrogen) atoms. The number of ether oxygens (including phenoxy) is 2. The molecule has 2 saturated heterocycles. The van der Waals surface area contributed by atoms with Crippen LogP contribution in [0.25, 0.3) is 11.1 Å². The van der Waals surface area contributed by atoms with Gasteiger partial charge in [-0.05, 0) is 52.8 Å². The van der Waals surface area contributed by atoms with Crippen molar-refractivity contribution in [2.45, 2.75) is 63.8 Å². The normalized spacial score (nSPS) is 19.1. The smallest absolute Gasteiger partial charge is 0.303 e. The molecule has 0 spiro atoms. The van der Waals surface area contributed by atoms with Crippen molar-refractivity contribution >= 4 is 23.3 Å². The second-order valence-electron chi connectivity index (χ2n) is 13.6. The number of aliphatic carboxylic acids is 1. The first-order chi connectivity index (χ1) is 25.7. The minimum absolute atomic E-state index is 0.0253. The lowest BCUT2D eigenvalue weighted by Gasteiger charge is -2.41. The number of hydrogen-bond donors (Lipinski definition) is 3. The number of nitrogens with one attached hydrogen (secondary N) is 1. The molecular formula is C41H46N4O8. The summed E-state index contributed by atoms with van der Waals surface area (Å²) < 4.78 is 13.2. The highest BCUT2D eigenvalue weighted by molar-refractivity contribution is 5.76. The van der Waals surface area contributed by atoms with E-state index in [1.165, 1.54) is 0 Å². The predicted octanol–water partition coefficient (Wildman–Crippen LogP) is 6.38. The molecule has 4 aromatic carbocycles. The fourth-order valence-corrected chi connectivity index (χ4v) is 6.91. The van der Waals surface area contributed by atoms with Gasteiger partial charge in [0.15, 0.2) is 6.29 Å². The quantitative estimate of drug-likeness (QED) is 0.0715. The van der Waals surface area contributed by atoms with E-state index in [-0.39, 0.29) is 48.2 Å². The molecule has 0 radical (unpaired) electrons. The number of carboxylic acids is 1. The molecule has 0 aromatic heterocycles. The lowest BCUT2D eigenvalue weighted by atomic mass is 9.97. The number of amides is 1. The number of nitro benzene ring substituents is 1. The molecule has 2 aliphatic heterocycles. The van der Waals surface area contributed by atoms with Crippen LogP contribution in [0.15, 0.2) is 97.1 Å². The Labute approximate surface area is 309 Å². The summed E-state index contributed by atoms with van der Waals surface area (Å²) in [6.45, 7) is 4.34. The number of non-ortho nitro benzene ring substituents is 1. The van der Waals surface area contributed by atoms with Crippen LogP contribution in [0.1, 0.15) is 66.8 Å². The van der Waals surface area contributed by atoms with Crippen molar-refractivity contribution in [3.63, 3.8) is 0 Å². The Morgan fingerprint density at radius 1 is 0.830 bits per heavy atom. The molecule has 0 unspecified atom stereocenters. The second-order valence-corrected chi connectivity index (χ2v) is 13.6. The van der Waals surface area contributed by atoms with Crippen LogP contribution < -0.4 is 10.2 Å². The monoisotopic (exact) mass is 722 g/mol. The maximum absolute atomic E-state index is 12.4. The molecule has 12 heteroatoms. The first-order valence-corrected chi connectivity index (χ1v) is 18.1. The number of unbranched alkanes of at least 4 members (excludes halogenated alkanes) is 1. The summed E-state index contributed by atoms with van der Waals surface area (Å²) >= 11 is 0. The van der Waals surface area contributed by atoms with Crippen molar-refractivity contribution in [2.24, 2.45) is 0 Å². The molecular weight excluding hydrogens is 676 g/mol. The molecule has 0 aliphatic carbocycles. The van der Waals surface area contributed by atoms with Gasteiger partial charge in [-0.2, -0.15) is 0 Å². The molecule has 2 heterocycles. The topological polar surface area (TPSA) is 155 Å². The standard InChI is InChI=1S/C41H46N4O8/c46-28-29-9-11-31(12-10-29)38-25-36(27-43-21-23-44(24-22-43)34-17-19-35(20-18-34)45(50)51)52-41(53-38)32-15-13-30(14-16-32)37-6-2-1-5-33(37)26-42-39(47)7-3-4-8-40(48)49/h1-2,5-6,9-20,36,38,41,46H,3-4,7-8,21-28H2,(H,42,47)(H,48,49)/t36-,38+,41+/m0/s1. The van der Waals surface area contributed by atoms with E-state index in [0.717, 1.165) is 71.8 Å². The summed E-state index contributed by atoms with van der Waals surface area (Å²) in [5.41, 5.74) is 6.80. The summed E-state index contributed by atoms with van der Waals surface area (Å²) in [5.74, 6) is -0.956. The van der Waals surface area contributed by atoms with Crippen LogP contribution in [0.2, 0.25) is 0 Å². The van der Waals surface area contributed by atoms with Gasteiger partial charge in [0.05, 0.1) is 23.7 Å². The average molecular weight is 723 g/mol. The van der Waals surface area contributed by atoms with Gasteiger partial charge in [0.1, 0.15) is 0 Å². The molecule has 2 fully saturated rings. The van der Waals surface area contributed by atoms with Gasteiger partial charge in [0.25, 0.3) is 5.69 Å². The van der Waals surface area contributed by atoms with E-state index in [9.17, 15) is 24.8 Å². The van der Waals surface area contributed by atoms with Crippen molar-refractivity contribution in [1.82, 2.24) is 10.2 Å². The highest BCUT2D eigenvalue weighted by Crippen LogP contribution is 2.39. The zero-order valence-corrected chi connectivity index (χ0v) is 29.6. The van der Waals surface area contributed by atoms with Gasteiger partial charge in [-0.3, -0.25) is 24.6 Å². The summed E-state index contributed by atoms with van der Waals surface area (Å²) in [4.78, 5) is 38.5. The summed E-state index contributed by atoms with van der Waals surface area (Å²) in [7, 11) is 0. The molecule has 3 atom stereocenters. The van der Waals surface area contributed by atoms with Gasteiger partial charge in [0.2, 0.25) is 5.91 Å². The molecule has 12 nitrogen and oxygen atoms in total. The lowest BCUT2D eigenvalue weighted by Crippen LogP contribution is -2.49. The van der Waals surface area contributed by atoms with Crippen LogP contribution in [0.4, 0.5) is 11.4 Å². The zero-order valence-electron chi connectivity index (χ0n) is 29.6. The third-order valence-electron chi connectivity index (χ3n) is 9.91. The SMILES string of the molecule is O=C(O)CCCCC(=O)NCc1ccccc1-c1ccc([C@@H]2O[C@H](CN3CCN(c4ccc([N+](=O)[O-])cc4)CC3)C[C@H](c3ccc(CO)cc3)O2)cc1. The van der Waals surface area contributed by atoms with E-state index in [0.29, 0.717) is 25.8 Å². The van der Waals surface area contributed by atoms with E-state index in [1.54, 1.807) is 12.1 Å². The number of carboxylic acid groups (broad SMARTS) is 1. The van der Waals surface area contributed by atoms with Gasteiger partial charge in [-0.15, -0.1) is 0 Å². The number of aliphatic hydroxyl groups is 1. The second kappa shape index (κ2) is 18.1. The molecule has 6 rings (SSSR count). The highest BCUT2D eigenvalue weighted by Gasteiger charge is 2.34. The fraction of sp³-hybridized carbons (Fsp3) is 0.366. The van der Waals surface area contributed by atoms with E-state index in [4.69, 9.17) is 14.6 Å². The van der Waals surface area contributed by atoms with Crippen molar-refractivity contribution in [3.8, 4) is 11.1 Å². The first-order valence-electron chi connectivity index (χ1n) is 18.1. The number of carbonyl (C=O) groups is 2. The van der Waals surface area contributed by atoms with Crippen LogP contribution in [0.5, 0.6) is 0 Å². The van der Waals surface area contributed by atoms with Crippen molar-refractivity contribution in [1.29, 1.82) is 0 Å². The van der Waals surface area contributed by atoms with E-state index < -0.39 is 12.3 Å². The minimum Gasteiger partial charge on any atom is -0.481 e. The maximum Gasteiger partial charge on any atom is 0.303 e. The zero-order chi connectivity index (χ0) is 37.2. The largest absolute Gasteiger partial charge is 0.481 e. The number of anilines is 1. The lowest BCUT2D eigenvalue weighted by molar-refractivity contribution is -0.384. The van der Waals surface area contributed by atoms with Crippen molar-refractivity contribution < 1.29 is 34.2 Å². The molecule has 0 saturated carbocycles. The van der Waals surface area contributed by atoms with Gasteiger partial charge in [-0.25, -0.2) is 0 Å².